The zero-order valence-electron chi connectivity index (χ0n) is 24.0. The molecule has 1 fully saturated rings. The van der Waals surface area contributed by atoms with E-state index in [0.717, 1.165) is 0 Å². The number of nitrogens with zero attached hydrogens (tertiary/aromatic N) is 1. The lowest BCUT2D eigenvalue weighted by atomic mass is 9.61. The Kier molecular flexibility index (Phi) is 5.30. The average molecular weight is 510 g/mol. The van der Waals surface area contributed by atoms with Gasteiger partial charge in [0.15, 0.2) is 0 Å². The molecule has 0 aromatic heterocycles. The quantitative estimate of drug-likeness (QED) is 0.214. The van der Waals surface area contributed by atoms with Gasteiger partial charge in [0.05, 0.1) is 11.2 Å². The van der Waals surface area contributed by atoms with Crippen LogP contribution in [0.15, 0.2) is 97.1 Å². The van der Waals surface area contributed by atoms with Crippen LogP contribution < -0.4 is 4.90 Å². The number of hydrogen-bond acceptors (Lipinski definition) is 1. The fourth-order valence-electron chi connectivity index (χ4n) is 7.84. The Morgan fingerprint density at radius 3 is 1.77 bits per heavy atom. The summed E-state index contributed by atoms with van der Waals surface area (Å²) in [6.07, 6.45) is 5.03. The van der Waals surface area contributed by atoms with Crippen LogP contribution in [0.5, 0.6) is 0 Å². The minimum absolute atomic E-state index is 0.0242. The molecule has 1 nitrogen and oxygen atoms in total. The fourth-order valence-corrected chi connectivity index (χ4v) is 7.84. The summed E-state index contributed by atoms with van der Waals surface area (Å²) in [5.41, 5.74) is 8.57. The van der Waals surface area contributed by atoms with Gasteiger partial charge in [-0.05, 0) is 64.3 Å². The van der Waals surface area contributed by atoms with Gasteiger partial charge < -0.3 is 4.90 Å². The largest absolute Gasteiger partial charge is 0.333 e. The summed E-state index contributed by atoms with van der Waals surface area (Å²) in [5.74, 6) is 0. The maximum atomic E-state index is 2.76. The van der Waals surface area contributed by atoms with Crippen molar-refractivity contribution in [2.75, 3.05) is 4.90 Å². The van der Waals surface area contributed by atoms with Crippen LogP contribution in [0.1, 0.15) is 71.4 Å². The molecule has 7 rings (SSSR count). The second-order valence-electron chi connectivity index (χ2n) is 13.3. The van der Waals surface area contributed by atoms with Gasteiger partial charge in [0, 0.05) is 21.9 Å². The Balaban J connectivity index is 1.57. The van der Waals surface area contributed by atoms with Gasteiger partial charge in [-0.1, -0.05) is 132 Å². The molecule has 0 bridgehead atoms. The Labute approximate surface area is 233 Å². The highest BCUT2D eigenvalue weighted by Gasteiger charge is 2.57. The van der Waals surface area contributed by atoms with Crippen molar-refractivity contribution in [2.45, 2.75) is 76.7 Å². The van der Waals surface area contributed by atoms with Crippen molar-refractivity contribution in [3.05, 3.63) is 108 Å². The van der Waals surface area contributed by atoms with Gasteiger partial charge >= 0.3 is 0 Å². The Bertz CT molecular complexity index is 1660. The number of benzene rings is 5. The van der Waals surface area contributed by atoms with Crippen molar-refractivity contribution in [2.24, 2.45) is 0 Å². The minimum Gasteiger partial charge on any atom is -0.333 e. The van der Waals surface area contributed by atoms with Crippen LogP contribution >= 0.6 is 0 Å². The molecule has 0 radical (unpaired) electrons. The van der Waals surface area contributed by atoms with E-state index in [1.165, 1.54) is 80.9 Å². The predicted octanol–water partition coefficient (Wildman–Crippen LogP) is 10.7. The molecule has 0 saturated heterocycles. The van der Waals surface area contributed by atoms with E-state index in [-0.39, 0.29) is 16.4 Å². The van der Waals surface area contributed by atoms with E-state index in [1.54, 1.807) is 0 Å². The molecule has 0 N–H and O–H groups in total. The van der Waals surface area contributed by atoms with Gasteiger partial charge in [0.2, 0.25) is 0 Å². The van der Waals surface area contributed by atoms with Crippen molar-refractivity contribution in [3.8, 4) is 11.1 Å². The lowest BCUT2D eigenvalue weighted by molar-refractivity contribution is 0.195. The zero-order valence-corrected chi connectivity index (χ0v) is 24.0. The summed E-state index contributed by atoms with van der Waals surface area (Å²) in [6.45, 7) is 11.9. The Hall–Kier alpha value is -3.58. The summed E-state index contributed by atoms with van der Waals surface area (Å²) in [4.78, 5) is 2.76. The molecule has 2 atom stereocenters. The highest BCUT2D eigenvalue weighted by Crippen LogP contribution is 2.62. The first-order valence-corrected chi connectivity index (χ1v) is 14.7. The molecule has 1 aliphatic carbocycles. The molecule has 5 aromatic carbocycles. The topological polar surface area (TPSA) is 3.24 Å². The summed E-state index contributed by atoms with van der Waals surface area (Å²) in [6, 6.07) is 36.8. The summed E-state index contributed by atoms with van der Waals surface area (Å²) >= 11 is 0. The van der Waals surface area contributed by atoms with Gasteiger partial charge in [0.25, 0.3) is 0 Å². The average Bonchev–Trinajstić information content (AvgIpc) is 3.15. The molecule has 1 heteroatoms. The second kappa shape index (κ2) is 8.46. The van der Waals surface area contributed by atoms with Crippen LogP contribution in [0.25, 0.3) is 32.7 Å². The SMILES string of the molecule is CC(C)(C)c1ccc(-c2c3ccccc3c(N3c4ccccc4C4(C)CCCCC34C)c3ccccc23)cc1. The van der Waals surface area contributed by atoms with Crippen LogP contribution in [0, 0.1) is 0 Å². The van der Waals surface area contributed by atoms with Gasteiger partial charge in [-0.2, -0.15) is 0 Å². The van der Waals surface area contributed by atoms with E-state index in [2.05, 4.69) is 137 Å². The van der Waals surface area contributed by atoms with Crippen molar-refractivity contribution < 1.29 is 0 Å². The third kappa shape index (κ3) is 3.38. The van der Waals surface area contributed by atoms with Crippen LogP contribution in [-0.4, -0.2) is 5.54 Å². The highest BCUT2D eigenvalue weighted by atomic mass is 15.3. The van der Waals surface area contributed by atoms with E-state index >= 15 is 0 Å². The summed E-state index contributed by atoms with van der Waals surface area (Å²) in [5, 5.41) is 5.36. The van der Waals surface area contributed by atoms with Crippen molar-refractivity contribution in [3.63, 3.8) is 0 Å². The molecule has 0 amide bonds. The Morgan fingerprint density at radius 1 is 0.615 bits per heavy atom. The standard InChI is InChI=1S/C38H39N/c1-36(2,3)27-22-20-26(21-23-27)34-28-14-6-8-16-30(28)35(31-17-9-7-15-29(31)34)39-33-19-11-10-18-32(33)37(4)24-12-13-25-38(37,39)5/h6-11,14-23H,12-13,24-25H2,1-5H3. The van der Waals surface area contributed by atoms with Gasteiger partial charge in [-0.15, -0.1) is 0 Å². The van der Waals surface area contributed by atoms with Crippen LogP contribution in [0.2, 0.25) is 0 Å². The zero-order chi connectivity index (χ0) is 27.0. The fraction of sp³-hybridized carbons (Fsp3) is 0.316. The first kappa shape index (κ1) is 24.5. The monoisotopic (exact) mass is 509 g/mol. The smallest absolute Gasteiger partial charge is 0.0576 e. The lowest BCUT2D eigenvalue weighted by Gasteiger charge is -2.50. The van der Waals surface area contributed by atoms with Crippen molar-refractivity contribution >= 4 is 32.9 Å². The third-order valence-corrected chi connectivity index (χ3v) is 10.2. The van der Waals surface area contributed by atoms with Crippen molar-refractivity contribution in [1.29, 1.82) is 0 Å². The highest BCUT2D eigenvalue weighted by molar-refractivity contribution is 6.22. The van der Waals surface area contributed by atoms with E-state index in [1.807, 2.05) is 0 Å². The van der Waals surface area contributed by atoms with Gasteiger partial charge in [-0.3, -0.25) is 0 Å². The molecular weight excluding hydrogens is 470 g/mol. The van der Waals surface area contributed by atoms with E-state index in [9.17, 15) is 0 Å². The van der Waals surface area contributed by atoms with Gasteiger partial charge in [-0.25, -0.2) is 0 Å². The van der Waals surface area contributed by atoms with E-state index in [0.29, 0.717) is 0 Å². The van der Waals surface area contributed by atoms with E-state index < -0.39 is 0 Å². The molecule has 1 heterocycles. The number of hydrogen-bond donors (Lipinski definition) is 0. The second-order valence-corrected chi connectivity index (χ2v) is 13.3. The first-order valence-electron chi connectivity index (χ1n) is 14.7. The number of fused-ring (bicyclic) bond motifs is 5. The molecule has 1 saturated carbocycles. The summed E-state index contributed by atoms with van der Waals surface area (Å²) in [7, 11) is 0. The molecular formula is C38H39N. The van der Waals surface area contributed by atoms with Crippen LogP contribution in [0.4, 0.5) is 11.4 Å². The number of para-hydroxylation sites is 1. The predicted molar refractivity (Wildman–Crippen MR) is 168 cm³/mol. The summed E-state index contributed by atoms with van der Waals surface area (Å²) < 4.78 is 0. The maximum Gasteiger partial charge on any atom is 0.0576 e. The number of anilines is 2. The lowest BCUT2D eigenvalue weighted by Crippen LogP contribution is -2.54. The van der Waals surface area contributed by atoms with Gasteiger partial charge in [0.1, 0.15) is 0 Å². The van der Waals surface area contributed by atoms with Crippen LogP contribution in [0.3, 0.4) is 0 Å². The first-order chi connectivity index (χ1) is 18.7. The molecule has 196 valence electrons. The maximum absolute atomic E-state index is 2.76. The molecule has 1 aliphatic heterocycles. The third-order valence-electron chi connectivity index (χ3n) is 10.2. The molecule has 2 unspecified atom stereocenters. The Morgan fingerprint density at radius 2 is 1.15 bits per heavy atom. The normalized spacial score (nSPS) is 22.7. The number of rotatable bonds is 2. The van der Waals surface area contributed by atoms with Crippen molar-refractivity contribution in [1.82, 2.24) is 0 Å². The van der Waals surface area contributed by atoms with Crippen LogP contribution in [-0.2, 0) is 10.8 Å². The molecule has 2 aliphatic rings. The van der Waals surface area contributed by atoms with E-state index in [4.69, 9.17) is 0 Å². The minimum atomic E-state index is 0.0242. The molecule has 0 spiro atoms. The molecule has 5 aromatic rings. The molecule has 39 heavy (non-hydrogen) atoms.